The van der Waals surface area contributed by atoms with Crippen molar-refractivity contribution in [2.75, 3.05) is 0 Å². The smallest absolute Gasteiger partial charge is 0.297 e. The van der Waals surface area contributed by atoms with E-state index in [1.54, 1.807) is 12.1 Å². The third-order valence-corrected chi connectivity index (χ3v) is 11.3. The van der Waals surface area contributed by atoms with E-state index in [9.17, 15) is 13.2 Å². The Labute approximate surface area is 187 Å². The Morgan fingerprint density at radius 3 is 2.35 bits per heavy atom. The molecule has 0 N–H and O–H groups in total. The van der Waals surface area contributed by atoms with Crippen LogP contribution >= 0.6 is 0 Å². The Hall–Kier alpha value is -1.20. The number of carbonyl (C=O) groups is 1. The Bertz CT molecular complexity index is 968. The molecule has 4 aliphatic rings. The Morgan fingerprint density at radius 2 is 1.61 bits per heavy atom. The highest BCUT2D eigenvalue weighted by Crippen LogP contribution is 2.66. The van der Waals surface area contributed by atoms with Gasteiger partial charge in [-0.3, -0.25) is 8.98 Å². The summed E-state index contributed by atoms with van der Waals surface area (Å²) in [6.45, 7) is 6.69. The number of hydrogen-bond donors (Lipinski definition) is 0. The van der Waals surface area contributed by atoms with Gasteiger partial charge in [0.1, 0.15) is 5.78 Å². The van der Waals surface area contributed by atoms with Gasteiger partial charge in [-0.25, -0.2) is 0 Å². The first-order valence-electron chi connectivity index (χ1n) is 12.2. The molecule has 170 valence electrons. The van der Waals surface area contributed by atoms with E-state index in [1.807, 2.05) is 19.1 Å². The molecule has 0 spiro atoms. The van der Waals surface area contributed by atoms with Crippen molar-refractivity contribution in [3.63, 3.8) is 0 Å². The second-order valence-electron chi connectivity index (χ2n) is 11.4. The van der Waals surface area contributed by atoms with Gasteiger partial charge in [0.15, 0.2) is 0 Å². The maximum atomic E-state index is 13.0. The molecule has 0 saturated heterocycles. The fourth-order valence-electron chi connectivity index (χ4n) is 8.07. The summed E-state index contributed by atoms with van der Waals surface area (Å²) in [6, 6.07) is 6.97. The second kappa shape index (κ2) is 7.41. The van der Waals surface area contributed by atoms with E-state index in [4.69, 9.17) is 4.18 Å². The molecular formula is C26H36O4S. The van der Waals surface area contributed by atoms with E-state index in [0.29, 0.717) is 29.5 Å². The summed E-state index contributed by atoms with van der Waals surface area (Å²) in [4.78, 5) is 12.4. The van der Waals surface area contributed by atoms with Crippen LogP contribution in [0.3, 0.4) is 0 Å². The first kappa shape index (κ1) is 21.6. The highest BCUT2D eigenvalue weighted by Gasteiger charge is 2.61. The van der Waals surface area contributed by atoms with Gasteiger partial charge >= 0.3 is 0 Å². The molecule has 5 heteroatoms. The molecule has 0 heterocycles. The third kappa shape index (κ3) is 3.42. The number of rotatable bonds is 3. The molecular weight excluding hydrogens is 408 g/mol. The van der Waals surface area contributed by atoms with Crippen LogP contribution in [0.15, 0.2) is 29.2 Å². The van der Waals surface area contributed by atoms with Crippen LogP contribution in [0.5, 0.6) is 0 Å². The summed E-state index contributed by atoms with van der Waals surface area (Å²) in [7, 11) is -3.75. The summed E-state index contributed by atoms with van der Waals surface area (Å²) in [5.41, 5.74) is 1.25. The van der Waals surface area contributed by atoms with Crippen molar-refractivity contribution in [3.8, 4) is 0 Å². The first-order valence-corrected chi connectivity index (χ1v) is 13.6. The fraction of sp³-hybridized carbons (Fsp3) is 0.731. The van der Waals surface area contributed by atoms with Crippen molar-refractivity contribution in [2.24, 2.45) is 34.5 Å². The third-order valence-electron chi connectivity index (χ3n) is 9.95. The summed E-state index contributed by atoms with van der Waals surface area (Å²) in [6.07, 6.45) is 8.75. The van der Waals surface area contributed by atoms with Gasteiger partial charge in [0.05, 0.1) is 11.0 Å². The summed E-state index contributed by atoms with van der Waals surface area (Å²) < 4.78 is 32.0. The molecule has 1 aromatic rings. The predicted octanol–water partition coefficient (Wildman–Crippen LogP) is 5.68. The highest BCUT2D eigenvalue weighted by atomic mass is 32.2. The van der Waals surface area contributed by atoms with Gasteiger partial charge in [-0.05, 0) is 98.5 Å². The van der Waals surface area contributed by atoms with Gasteiger partial charge in [0.25, 0.3) is 10.1 Å². The van der Waals surface area contributed by atoms with Gasteiger partial charge in [-0.1, -0.05) is 31.5 Å². The van der Waals surface area contributed by atoms with Crippen LogP contribution in [-0.4, -0.2) is 20.3 Å². The molecule has 0 aliphatic heterocycles. The SMILES string of the molecule is Cc1ccc(S(=O)(=O)O[C@H]2CC[C@H]3[C@H]4CC[C@@H]5CC(=O)CC[C@]5(C)[C@H]4CC[C@@]23C)cc1. The van der Waals surface area contributed by atoms with Crippen LogP contribution < -0.4 is 0 Å². The zero-order valence-corrected chi connectivity index (χ0v) is 19.9. The number of fused-ring (bicyclic) bond motifs is 5. The monoisotopic (exact) mass is 444 g/mol. The Kier molecular flexibility index (Phi) is 5.17. The van der Waals surface area contributed by atoms with Gasteiger partial charge in [0, 0.05) is 12.8 Å². The van der Waals surface area contributed by atoms with Gasteiger partial charge in [-0.15, -0.1) is 0 Å². The Morgan fingerprint density at radius 1 is 0.903 bits per heavy atom. The standard InChI is InChI=1S/C26H36O4S/c1-17-4-7-20(8-5-17)31(28,29)30-24-11-10-22-21-9-6-18-16-19(27)12-14-25(18,2)23(21)13-15-26(22,24)3/h4-5,7-8,18,21-24H,6,9-16H2,1-3H3/t18-,21-,22+,23+,24+,25+,26-/m1/s1. The molecule has 1 aromatic carbocycles. The van der Waals surface area contributed by atoms with Crippen molar-refractivity contribution in [1.29, 1.82) is 0 Å². The predicted molar refractivity (Wildman–Crippen MR) is 120 cm³/mol. The van der Waals surface area contributed by atoms with Gasteiger partial charge < -0.3 is 0 Å². The van der Waals surface area contributed by atoms with Crippen LogP contribution in [0.25, 0.3) is 0 Å². The number of ketones is 1. The van der Waals surface area contributed by atoms with Crippen molar-refractivity contribution in [1.82, 2.24) is 0 Å². The minimum Gasteiger partial charge on any atom is -0.300 e. The molecule has 0 amide bonds. The van der Waals surface area contributed by atoms with Gasteiger partial charge in [-0.2, -0.15) is 8.42 Å². The molecule has 5 rings (SSSR count). The fourth-order valence-corrected chi connectivity index (χ4v) is 9.27. The quantitative estimate of drug-likeness (QED) is 0.563. The molecule has 4 nitrogen and oxygen atoms in total. The lowest BCUT2D eigenvalue weighted by molar-refractivity contribution is -0.140. The lowest BCUT2D eigenvalue weighted by Crippen LogP contribution is -2.54. The van der Waals surface area contributed by atoms with Crippen LogP contribution in [0.1, 0.15) is 77.2 Å². The molecule has 7 atom stereocenters. The van der Waals surface area contributed by atoms with Crippen LogP contribution in [0, 0.1) is 41.4 Å². The van der Waals surface area contributed by atoms with Crippen molar-refractivity contribution in [3.05, 3.63) is 29.8 Å². The lowest BCUT2D eigenvalue weighted by Gasteiger charge is -2.60. The maximum absolute atomic E-state index is 13.0. The Balaban J connectivity index is 1.37. The van der Waals surface area contributed by atoms with Gasteiger partial charge in [0.2, 0.25) is 0 Å². The first-order chi connectivity index (χ1) is 14.6. The van der Waals surface area contributed by atoms with Crippen molar-refractivity contribution >= 4 is 15.9 Å². The number of benzene rings is 1. The summed E-state index contributed by atoms with van der Waals surface area (Å²) in [5, 5.41) is 0. The summed E-state index contributed by atoms with van der Waals surface area (Å²) >= 11 is 0. The van der Waals surface area contributed by atoms with Crippen LogP contribution in [-0.2, 0) is 19.1 Å². The van der Waals surface area contributed by atoms with Crippen LogP contribution in [0.4, 0.5) is 0 Å². The van der Waals surface area contributed by atoms with E-state index in [2.05, 4.69) is 13.8 Å². The number of aryl methyl sites for hydroxylation is 1. The highest BCUT2D eigenvalue weighted by molar-refractivity contribution is 7.86. The van der Waals surface area contributed by atoms with E-state index in [0.717, 1.165) is 56.9 Å². The average molecular weight is 445 g/mol. The molecule has 0 unspecified atom stereocenters. The average Bonchev–Trinajstić information content (AvgIpc) is 3.04. The van der Waals surface area contributed by atoms with E-state index in [1.165, 1.54) is 6.42 Å². The van der Waals surface area contributed by atoms with E-state index in [-0.39, 0.29) is 21.8 Å². The number of carbonyl (C=O) groups excluding carboxylic acids is 1. The van der Waals surface area contributed by atoms with E-state index >= 15 is 0 Å². The molecule has 4 fully saturated rings. The molecule has 0 bridgehead atoms. The van der Waals surface area contributed by atoms with E-state index < -0.39 is 10.1 Å². The maximum Gasteiger partial charge on any atom is 0.297 e. The second-order valence-corrected chi connectivity index (χ2v) is 12.9. The minimum absolute atomic E-state index is 0.0768. The number of Topliss-reactive ketones (excluding diaryl/α,β-unsaturated/α-hetero) is 1. The number of hydrogen-bond acceptors (Lipinski definition) is 4. The van der Waals surface area contributed by atoms with Crippen molar-refractivity contribution < 1.29 is 17.4 Å². The lowest BCUT2D eigenvalue weighted by atomic mass is 9.45. The normalized spacial score (nSPS) is 42.5. The molecule has 0 radical (unpaired) electrons. The molecule has 4 saturated carbocycles. The minimum atomic E-state index is -3.75. The molecule has 31 heavy (non-hydrogen) atoms. The largest absolute Gasteiger partial charge is 0.300 e. The molecule has 4 aliphatic carbocycles. The zero-order chi connectivity index (χ0) is 22.0. The molecule has 0 aromatic heterocycles. The zero-order valence-electron chi connectivity index (χ0n) is 19.1. The summed E-state index contributed by atoms with van der Waals surface area (Å²) in [5.74, 6) is 2.85. The topological polar surface area (TPSA) is 60.4 Å². The van der Waals surface area contributed by atoms with Crippen molar-refractivity contribution in [2.45, 2.75) is 89.6 Å². The van der Waals surface area contributed by atoms with Crippen LogP contribution in [0.2, 0.25) is 0 Å².